The van der Waals surface area contributed by atoms with Crippen LogP contribution in [0.15, 0.2) is 30.7 Å². The maximum absolute atomic E-state index is 14.0. The second-order valence-corrected chi connectivity index (χ2v) is 5.91. The van der Waals surface area contributed by atoms with E-state index in [1.165, 1.54) is 6.07 Å². The minimum absolute atomic E-state index is 0.0131. The lowest BCUT2D eigenvalue weighted by Crippen LogP contribution is -2.35. The first-order valence-electron chi connectivity index (χ1n) is 7.09. The number of hydrogen-bond acceptors (Lipinski definition) is 3. The lowest BCUT2D eigenvalue weighted by atomic mass is 10.1. The van der Waals surface area contributed by atoms with Gasteiger partial charge in [0.1, 0.15) is 0 Å². The Bertz CT molecular complexity index is 602. The maximum atomic E-state index is 14.0. The molecule has 0 spiro atoms. The Hall–Kier alpha value is -1.88. The molecule has 1 aromatic heterocycles. The zero-order valence-electron chi connectivity index (χ0n) is 13.0. The van der Waals surface area contributed by atoms with Crippen molar-refractivity contribution in [2.45, 2.75) is 39.8 Å². The van der Waals surface area contributed by atoms with Crippen LogP contribution in [0.1, 0.15) is 33.4 Å². The van der Waals surface area contributed by atoms with E-state index in [0.29, 0.717) is 13.2 Å². The van der Waals surface area contributed by atoms with E-state index >= 15 is 0 Å². The summed E-state index contributed by atoms with van der Waals surface area (Å²) in [5.74, 6) is -0.0893. The molecule has 0 aliphatic carbocycles. The fraction of sp³-hybridized carbons (Fsp3) is 0.438. The van der Waals surface area contributed by atoms with Gasteiger partial charge in [-0.3, -0.25) is 0 Å². The van der Waals surface area contributed by atoms with Crippen LogP contribution in [0.4, 0.5) is 4.39 Å². The second kappa shape index (κ2) is 6.26. The number of benzene rings is 1. The standard InChI is InChI=1S/C16H22FN3O/c1-5-21-15-7-6-12(8-14(15)17)20-11-18-9-13(20)10-19-16(2,3)4/h6-9,11,19H,5,10H2,1-4H3. The highest BCUT2D eigenvalue weighted by Crippen LogP contribution is 2.21. The summed E-state index contributed by atoms with van der Waals surface area (Å²) in [5, 5.41) is 3.40. The Balaban J connectivity index is 2.23. The molecule has 0 bridgehead atoms. The summed E-state index contributed by atoms with van der Waals surface area (Å²) in [6.45, 7) is 9.25. The minimum atomic E-state index is -0.363. The van der Waals surface area contributed by atoms with Gasteiger partial charge in [-0.05, 0) is 39.8 Å². The van der Waals surface area contributed by atoms with Gasteiger partial charge in [0.05, 0.1) is 18.6 Å². The van der Waals surface area contributed by atoms with Gasteiger partial charge in [-0.2, -0.15) is 0 Å². The van der Waals surface area contributed by atoms with Gasteiger partial charge in [-0.1, -0.05) is 0 Å². The third-order valence-corrected chi connectivity index (χ3v) is 3.01. The van der Waals surface area contributed by atoms with Crippen molar-refractivity contribution >= 4 is 0 Å². The Morgan fingerprint density at radius 3 is 2.71 bits per heavy atom. The zero-order valence-corrected chi connectivity index (χ0v) is 13.0. The number of halogens is 1. The molecule has 0 atom stereocenters. The third-order valence-electron chi connectivity index (χ3n) is 3.01. The van der Waals surface area contributed by atoms with E-state index in [-0.39, 0.29) is 17.1 Å². The van der Waals surface area contributed by atoms with Gasteiger partial charge in [0.25, 0.3) is 0 Å². The Morgan fingerprint density at radius 2 is 2.10 bits per heavy atom. The van der Waals surface area contributed by atoms with Crippen molar-refractivity contribution in [1.82, 2.24) is 14.9 Å². The van der Waals surface area contributed by atoms with E-state index in [1.54, 1.807) is 18.6 Å². The first kappa shape index (κ1) is 15.5. The normalized spacial score (nSPS) is 11.7. The number of ether oxygens (including phenoxy) is 1. The van der Waals surface area contributed by atoms with Crippen molar-refractivity contribution in [3.05, 3.63) is 42.2 Å². The van der Waals surface area contributed by atoms with Gasteiger partial charge in [-0.15, -0.1) is 0 Å². The highest BCUT2D eigenvalue weighted by Gasteiger charge is 2.12. The Labute approximate surface area is 125 Å². The number of rotatable bonds is 5. The predicted octanol–water partition coefficient (Wildman–Crippen LogP) is 3.30. The molecule has 21 heavy (non-hydrogen) atoms. The average Bonchev–Trinajstić information content (AvgIpc) is 2.86. The molecule has 1 N–H and O–H groups in total. The summed E-state index contributed by atoms with van der Waals surface area (Å²) in [6, 6.07) is 4.94. The molecule has 5 heteroatoms. The molecule has 0 amide bonds. The van der Waals surface area contributed by atoms with Crippen molar-refractivity contribution in [1.29, 1.82) is 0 Å². The van der Waals surface area contributed by atoms with Crippen LogP contribution < -0.4 is 10.1 Å². The van der Waals surface area contributed by atoms with Gasteiger partial charge < -0.3 is 14.6 Å². The van der Waals surface area contributed by atoms with E-state index in [1.807, 2.05) is 17.6 Å². The predicted molar refractivity (Wildman–Crippen MR) is 81.3 cm³/mol. The Kier molecular flexibility index (Phi) is 4.63. The van der Waals surface area contributed by atoms with Gasteiger partial charge in [0.15, 0.2) is 11.6 Å². The van der Waals surface area contributed by atoms with Crippen LogP contribution in [0.5, 0.6) is 5.75 Å². The molecule has 0 unspecified atom stereocenters. The summed E-state index contributed by atoms with van der Waals surface area (Å²) >= 11 is 0. The van der Waals surface area contributed by atoms with Crippen LogP contribution in [0.25, 0.3) is 5.69 Å². The molecule has 0 fully saturated rings. The SMILES string of the molecule is CCOc1ccc(-n2cncc2CNC(C)(C)C)cc1F. The highest BCUT2D eigenvalue weighted by molar-refractivity contribution is 5.40. The lowest BCUT2D eigenvalue weighted by molar-refractivity contribution is 0.321. The monoisotopic (exact) mass is 291 g/mol. The molecular formula is C16H22FN3O. The van der Waals surface area contributed by atoms with Crippen LogP contribution in [-0.2, 0) is 6.54 Å². The summed E-state index contributed by atoms with van der Waals surface area (Å²) < 4.78 is 21.1. The molecule has 0 aliphatic heterocycles. The fourth-order valence-corrected chi connectivity index (χ4v) is 1.95. The molecule has 0 saturated heterocycles. The number of aromatic nitrogens is 2. The van der Waals surface area contributed by atoms with Gasteiger partial charge in [0, 0.05) is 30.0 Å². The van der Waals surface area contributed by atoms with Crippen molar-refractivity contribution in [3.8, 4) is 11.4 Å². The quantitative estimate of drug-likeness (QED) is 0.918. The Morgan fingerprint density at radius 1 is 1.33 bits per heavy atom. The summed E-state index contributed by atoms with van der Waals surface area (Å²) in [7, 11) is 0. The minimum Gasteiger partial charge on any atom is -0.491 e. The van der Waals surface area contributed by atoms with Gasteiger partial charge in [-0.25, -0.2) is 9.37 Å². The second-order valence-electron chi connectivity index (χ2n) is 5.91. The molecule has 2 aromatic rings. The summed E-state index contributed by atoms with van der Waals surface area (Å²) in [5.41, 5.74) is 1.73. The van der Waals surface area contributed by atoms with E-state index in [9.17, 15) is 4.39 Å². The van der Waals surface area contributed by atoms with Crippen molar-refractivity contribution in [2.24, 2.45) is 0 Å². The smallest absolute Gasteiger partial charge is 0.167 e. The van der Waals surface area contributed by atoms with E-state index in [4.69, 9.17) is 4.74 Å². The molecule has 0 saturated carbocycles. The molecule has 0 radical (unpaired) electrons. The van der Waals surface area contributed by atoms with Crippen LogP contribution >= 0.6 is 0 Å². The molecule has 1 heterocycles. The molecule has 114 valence electrons. The first-order valence-corrected chi connectivity index (χ1v) is 7.09. The number of nitrogens with one attached hydrogen (secondary N) is 1. The molecular weight excluding hydrogens is 269 g/mol. The van der Waals surface area contributed by atoms with Crippen molar-refractivity contribution < 1.29 is 9.13 Å². The summed E-state index contributed by atoms with van der Waals surface area (Å²) in [6.07, 6.45) is 3.47. The average molecular weight is 291 g/mol. The van der Waals surface area contributed by atoms with Crippen LogP contribution in [-0.4, -0.2) is 21.7 Å². The van der Waals surface area contributed by atoms with E-state index in [2.05, 4.69) is 31.1 Å². The molecule has 2 rings (SSSR count). The zero-order chi connectivity index (χ0) is 15.5. The summed E-state index contributed by atoms with van der Waals surface area (Å²) in [4.78, 5) is 4.16. The van der Waals surface area contributed by atoms with Crippen molar-refractivity contribution in [2.75, 3.05) is 6.61 Å². The lowest BCUT2D eigenvalue weighted by Gasteiger charge is -2.21. The van der Waals surface area contributed by atoms with Gasteiger partial charge >= 0.3 is 0 Å². The van der Waals surface area contributed by atoms with Crippen LogP contribution in [0.3, 0.4) is 0 Å². The molecule has 4 nitrogen and oxygen atoms in total. The number of imidazole rings is 1. The number of hydrogen-bond donors (Lipinski definition) is 1. The largest absolute Gasteiger partial charge is 0.491 e. The van der Waals surface area contributed by atoms with E-state index < -0.39 is 0 Å². The maximum Gasteiger partial charge on any atom is 0.167 e. The van der Waals surface area contributed by atoms with Gasteiger partial charge in [0.2, 0.25) is 0 Å². The third kappa shape index (κ3) is 4.04. The van der Waals surface area contributed by atoms with Crippen LogP contribution in [0, 0.1) is 5.82 Å². The molecule has 1 aromatic carbocycles. The first-order chi connectivity index (χ1) is 9.90. The van der Waals surface area contributed by atoms with E-state index in [0.717, 1.165) is 11.4 Å². The topological polar surface area (TPSA) is 39.1 Å². The van der Waals surface area contributed by atoms with Crippen LogP contribution in [0.2, 0.25) is 0 Å². The number of nitrogens with zero attached hydrogens (tertiary/aromatic N) is 2. The molecule has 0 aliphatic rings. The fourth-order valence-electron chi connectivity index (χ4n) is 1.95. The van der Waals surface area contributed by atoms with Crippen molar-refractivity contribution in [3.63, 3.8) is 0 Å². The highest BCUT2D eigenvalue weighted by atomic mass is 19.1.